The van der Waals surface area contributed by atoms with E-state index in [1.165, 1.54) is 12.0 Å². The van der Waals surface area contributed by atoms with Gasteiger partial charge >= 0.3 is 0 Å². The standard InChI is InChI=1S/C14H18O/c15-14-9-5-4-8-13(14)11-10-12-6-2-1-3-7-12/h1-3,6-7,13H,4-5,8-11H2/t13-/m1/s1. The molecule has 1 fully saturated rings. The van der Waals surface area contributed by atoms with E-state index in [2.05, 4.69) is 24.3 Å². The van der Waals surface area contributed by atoms with Gasteiger partial charge in [-0.15, -0.1) is 0 Å². The highest BCUT2D eigenvalue weighted by molar-refractivity contribution is 5.81. The summed E-state index contributed by atoms with van der Waals surface area (Å²) >= 11 is 0. The van der Waals surface area contributed by atoms with Gasteiger partial charge in [0.25, 0.3) is 0 Å². The molecule has 1 saturated carbocycles. The molecular formula is C14H18O. The van der Waals surface area contributed by atoms with E-state index in [1.807, 2.05) is 6.07 Å². The topological polar surface area (TPSA) is 17.1 Å². The van der Waals surface area contributed by atoms with Crippen LogP contribution in [0.5, 0.6) is 0 Å². The summed E-state index contributed by atoms with van der Waals surface area (Å²) in [6.07, 6.45) is 6.39. The lowest BCUT2D eigenvalue weighted by atomic mass is 9.84. The second-order valence-electron chi connectivity index (χ2n) is 4.43. The Morgan fingerprint density at radius 2 is 1.93 bits per heavy atom. The lowest BCUT2D eigenvalue weighted by molar-refractivity contribution is -0.124. The number of hydrogen-bond acceptors (Lipinski definition) is 1. The second-order valence-corrected chi connectivity index (χ2v) is 4.43. The highest BCUT2D eigenvalue weighted by atomic mass is 16.1. The zero-order valence-corrected chi connectivity index (χ0v) is 9.11. The van der Waals surface area contributed by atoms with Crippen LogP contribution in [0.15, 0.2) is 30.3 Å². The van der Waals surface area contributed by atoms with Crippen molar-refractivity contribution >= 4 is 5.78 Å². The lowest BCUT2D eigenvalue weighted by Gasteiger charge is -2.20. The van der Waals surface area contributed by atoms with Gasteiger partial charge in [0.15, 0.2) is 0 Å². The second kappa shape index (κ2) is 5.11. The van der Waals surface area contributed by atoms with Crippen LogP contribution in [-0.4, -0.2) is 5.78 Å². The van der Waals surface area contributed by atoms with Crippen LogP contribution in [0.4, 0.5) is 0 Å². The maximum Gasteiger partial charge on any atom is 0.135 e. The van der Waals surface area contributed by atoms with Gasteiger partial charge in [-0.2, -0.15) is 0 Å². The Hall–Kier alpha value is -1.11. The van der Waals surface area contributed by atoms with Crippen molar-refractivity contribution in [3.63, 3.8) is 0 Å². The Kier molecular flexibility index (Phi) is 3.54. The van der Waals surface area contributed by atoms with Crippen LogP contribution in [0.1, 0.15) is 37.7 Å². The minimum absolute atomic E-state index is 0.346. The summed E-state index contributed by atoms with van der Waals surface area (Å²) in [5.41, 5.74) is 1.36. The van der Waals surface area contributed by atoms with E-state index in [0.29, 0.717) is 11.7 Å². The quantitative estimate of drug-likeness (QED) is 0.734. The Morgan fingerprint density at radius 1 is 1.13 bits per heavy atom. The van der Waals surface area contributed by atoms with Crippen molar-refractivity contribution < 1.29 is 4.79 Å². The minimum Gasteiger partial charge on any atom is -0.299 e. The van der Waals surface area contributed by atoms with E-state index < -0.39 is 0 Å². The van der Waals surface area contributed by atoms with Gasteiger partial charge in [-0.25, -0.2) is 0 Å². The molecule has 0 heterocycles. The average molecular weight is 202 g/mol. The fourth-order valence-electron chi connectivity index (χ4n) is 2.35. The third kappa shape index (κ3) is 2.92. The normalized spacial score (nSPS) is 21.6. The highest BCUT2D eigenvalue weighted by Gasteiger charge is 2.21. The molecule has 1 aliphatic rings. The Bertz CT molecular complexity index is 315. The maximum atomic E-state index is 11.6. The van der Waals surface area contributed by atoms with Gasteiger partial charge in [0.05, 0.1) is 0 Å². The molecule has 1 aromatic rings. The van der Waals surface area contributed by atoms with Gasteiger partial charge < -0.3 is 0 Å². The monoisotopic (exact) mass is 202 g/mol. The van der Waals surface area contributed by atoms with Crippen molar-refractivity contribution in [3.05, 3.63) is 35.9 Å². The Balaban J connectivity index is 1.85. The number of benzene rings is 1. The van der Waals surface area contributed by atoms with E-state index in [0.717, 1.165) is 32.1 Å². The van der Waals surface area contributed by atoms with Gasteiger partial charge in [0, 0.05) is 12.3 Å². The molecule has 1 heteroatoms. The first-order valence-corrected chi connectivity index (χ1v) is 5.93. The average Bonchev–Trinajstić information content (AvgIpc) is 2.29. The predicted octanol–water partition coefficient (Wildman–Crippen LogP) is 3.38. The van der Waals surface area contributed by atoms with E-state index >= 15 is 0 Å². The molecular weight excluding hydrogens is 184 g/mol. The first-order chi connectivity index (χ1) is 7.36. The fourth-order valence-corrected chi connectivity index (χ4v) is 2.35. The smallest absolute Gasteiger partial charge is 0.135 e. The SMILES string of the molecule is O=C1CCCC[C@@H]1CCc1ccccc1. The van der Waals surface area contributed by atoms with Crippen molar-refractivity contribution in [2.45, 2.75) is 38.5 Å². The van der Waals surface area contributed by atoms with Gasteiger partial charge in [-0.05, 0) is 31.2 Å². The van der Waals surface area contributed by atoms with E-state index in [4.69, 9.17) is 0 Å². The van der Waals surface area contributed by atoms with Crippen LogP contribution in [0.2, 0.25) is 0 Å². The van der Waals surface area contributed by atoms with E-state index in [1.54, 1.807) is 0 Å². The van der Waals surface area contributed by atoms with Crippen molar-refractivity contribution in [2.24, 2.45) is 5.92 Å². The number of ketones is 1. The fraction of sp³-hybridized carbons (Fsp3) is 0.500. The molecule has 0 amide bonds. The molecule has 15 heavy (non-hydrogen) atoms. The summed E-state index contributed by atoms with van der Waals surface area (Å²) in [5, 5.41) is 0. The van der Waals surface area contributed by atoms with Crippen molar-refractivity contribution in [1.82, 2.24) is 0 Å². The van der Waals surface area contributed by atoms with Crippen molar-refractivity contribution in [2.75, 3.05) is 0 Å². The number of rotatable bonds is 3. The van der Waals surface area contributed by atoms with Crippen molar-refractivity contribution in [1.29, 1.82) is 0 Å². The summed E-state index contributed by atoms with van der Waals surface area (Å²) in [4.78, 5) is 11.6. The number of Topliss-reactive ketones (excluding diaryl/α,β-unsaturated/α-hetero) is 1. The third-order valence-electron chi connectivity index (χ3n) is 3.31. The van der Waals surface area contributed by atoms with Crippen LogP contribution >= 0.6 is 0 Å². The first-order valence-electron chi connectivity index (χ1n) is 5.93. The number of carbonyl (C=O) groups is 1. The summed E-state index contributed by atoms with van der Waals surface area (Å²) in [6.45, 7) is 0. The lowest BCUT2D eigenvalue weighted by Crippen LogP contribution is -2.19. The first kappa shape index (κ1) is 10.4. The molecule has 1 atom stereocenters. The molecule has 0 N–H and O–H groups in total. The number of aryl methyl sites for hydroxylation is 1. The molecule has 0 aliphatic heterocycles. The zero-order chi connectivity index (χ0) is 10.5. The van der Waals surface area contributed by atoms with Gasteiger partial charge in [0.1, 0.15) is 5.78 Å². The molecule has 0 spiro atoms. The predicted molar refractivity (Wildman–Crippen MR) is 61.7 cm³/mol. The third-order valence-corrected chi connectivity index (χ3v) is 3.31. The maximum absolute atomic E-state index is 11.6. The van der Waals surface area contributed by atoms with Crippen molar-refractivity contribution in [3.8, 4) is 0 Å². The Morgan fingerprint density at radius 3 is 2.67 bits per heavy atom. The summed E-state index contributed by atoms with van der Waals surface area (Å²) < 4.78 is 0. The number of hydrogen-bond donors (Lipinski definition) is 0. The minimum atomic E-state index is 0.346. The summed E-state index contributed by atoms with van der Waals surface area (Å²) in [7, 11) is 0. The molecule has 0 radical (unpaired) electrons. The molecule has 80 valence electrons. The molecule has 1 nitrogen and oxygen atoms in total. The molecule has 0 bridgehead atoms. The van der Waals surface area contributed by atoms with E-state index in [-0.39, 0.29) is 0 Å². The Labute approximate surface area is 91.5 Å². The van der Waals surface area contributed by atoms with Gasteiger partial charge in [-0.1, -0.05) is 36.8 Å². The van der Waals surface area contributed by atoms with Crippen LogP contribution in [-0.2, 0) is 11.2 Å². The van der Waals surface area contributed by atoms with Crippen LogP contribution in [0.3, 0.4) is 0 Å². The molecule has 1 aliphatic carbocycles. The van der Waals surface area contributed by atoms with Crippen LogP contribution < -0.4 is 0 Å². The van der Waals surface area contributed by atoms with Crippen LogP contribution in [0.25, 0.3) is 0 Å². The number of carbonyl (C=O) groups excluding carboxylic acids is 1. The van der Waals surface area contributed by atoms with Gasteiger partial charge in [0.2, 0.25) is 0 Å². The van der Waals surface area contributed by atoms with Crippen LogP contribution in [0, 0.1) is 5.92 Å². The molecule has 2 rings (SSSR count). The molecule has 0 saturated heterocycles. The van der Waals surface area contributed by atoms with Gasteiger partial charge in [-0.3, -0.25) is 4.79 Å². The largest absolute Gasteiger partial charge is 0.299 e. The molecule has 0 unspecified atom stereocenters. The summed E-state index contributed by atoms with van der Waals surface area (Å²) in [5.74, 6) is 0.844. The highest BCUT2D eigenvalue weighted by Crippen LogP contribution is 2.24. The van der Waals surface area contributed by atoms with E-state index in [9.17, 15) is 4.79 Å². The molecule has 1 aromatic carbocycles. The molecule has 0 aromatic heterocycles. The summed E-state index contributed by atoms with van der Waals surface area (Å²) in [6, 6.07) is 10.5. The zero-order valence-electron chi connectivity index (χ0n) is 9.11.